The first-order chi connectivity index (χ1) is 10.0. The van der Waals surface area contributed by atoms with Gasteiger partial charge in [0.15, 0.2) is 0 Å². The summed E-state index contributed by atoms with van der Waals surface area (Å²) < 4.78 is 6.78. The van der Waals surface area contributed by atoms with Crippen molar-refractivity contribution in [3.05, 3.63) is 52.1 Å². The van der Waals surface area contributed by atoms with E-state index >= 15 is 0 Å². The largest absolute Gasteiger partial charge is 0.438 e. The number of hydrogen-bond donors (Lipinski definition) is 1. The summed E-state index contributed by atoms with van der Waals surface area (Å²) in [5.74, 6) is 2.02. The number of hydrogen-bond acceptors (Lipinski definition) is 3. The molecule has 0 aliphatic rings. The fourth-order valence-corrected chi connectivity index (χ4v) is 2.48. The molecule has 0 spiro atoms. The Morgan fingerprint density at radius 3 is 2.76 bits per heavy atom. The van der Waals surface area contributed by atoms with Crippen LogP contribution in [0.4, 0.5) is 0 Å². The molecule has 0 bridgehead atoms. The molecule has 3 nitrogen and oxygen atoms in total. The standard InChI is InChI=1S/C17H21BrN2O/c1-12(2)10-19-11-14-5-4-6-17(20-14)21-16-8-7-13(3)9-15(16)18/h4-9,12,19H,10-11H2,1-3H3. The minimum atomic E-state index is 0.614. The number of aromatic nitrogens is 1. The Hall–Kier alpha value is -1.39. The van der Waals surface area contributed by atoms with Gasteiger partial charge in [-0.2, -0.15) is 0 Å². The summed E-state index contributed by atoms with van der Waals surface area (Å²) >= 11 is 3.52. The SMILES string of the molecule is Cc1ccc(Oc2cccc(CNCC(C)C)n2)c(Br)c1. The van der Waals surface area contributed by atoms with E-state index in [1.54, 1.807) is 0 Å². The average molecular weight is 349 g/mol. The summed E-state index contributed by atoms with van der Waals surface area (Å²) in [5.41, 5.74) is 2.17. The lowest BCUT2D eigenvalue weighted by atomic mass is 10.2. The van der Waals surface area contributed by atoms with Crippen molar-refractivity contribution >= 4 is 15.9 Å². The van der Waals surface area contributed by atoms with Gasteiger partial charge in [-0.15, -0.1) is 0 Å². The Balaban J connectivity index is 2.03. The number of nitrogens with zero attached hydrogens (tertiary/aromatic N) is 1. The van der Waals surface area contributed by atoms with Gasteiger partial charge in [0.1, 0.15) is 5.75 Å². The molecule has 0 unspecified atom stereocenters. The second-order valence-corrected chi connectivity index (χ2v) is 6.38. The zero-order valence-electron chi connectivity index (χ0n) is 12.7. The van der Waals surface area contributed by atoms with Crippen LogP contribution in [0.2, 0.25) is 0 Å². The van der Waals surface area contributed by atoms with Crippen molar-refractivity contribution in [3.63, 3.8) is 0 Å². The molecule has 1 aromatic heterocycles. The number of nitrogens with one attached hydrogen (secondary N) is 1. The van der Waals surface area contributed by atoms with Crippen LogP contribution in [0.5, 0.6) is 11.6 Å². The maximum atomic E-state index is 5.85. The van der Waals surface area contributed by atoms with Crippen molar-refractivity contribution in [2.45, 2.75) is 27.3 Å². The summed E-state index contributed by atoms with van der Waals surface area (Å²) in [4.78, 5) is 4.52. The van der Waals surface area contributed by atoms with Crippen molar-refractivity contribution in [1.29, 1.82) is 0 Å². The van der Waals surface area contributed by atoms with E-state index in [1.165, 1.54) is 5.56 Å². The van der Waals surface area contributed by atoms with Gasteiger partial charge < -0.3 is 10.1 Å². The van der Waals surface area contributed by atoms with Gasteiger partial charge >= 0.3 is 0 Å². The van der Waals surface area contributed by atoms with Crippen molar-refractivity contribution in [3.8, 4) is 11.6 Å². The molecule has 21 heavy (non-hydrogen) atoms. The van der Waals surface area contributed by atoms with E-state index in [9.17, 15) is 0 Å². The summed E-state index contributed by atoms with van der Waals surface area (Å²) in [6.07, 6.45) is 0. The molecular weight excluding hydrogens is 328 g/mol. The van der Waals surface area contributed by atoms with Crippen LogP contribution in [0.15, 0.2) is 40.9 Å². The first kappa shape index (κ1) is 16.0. The zero-order chi connectivity index (χ0) is 15.2. The third kappa shape index (κ3) is 5.14. The van der Waals surface area contributed by atoms with Gasteiger partial charge in [0.2, 0.25) is 5.88 Å². The molecule has 0 radical (unpaired) electrons. The fourth-order valence-electron chi connectivity index (χ4n) is 1.90. The van der Waals surface area contributed by atoms with Crippen LogP contribution in [0.3, 0.4) is 0 Å². The Morgan fingerprint density at radius 1 is 1.24 bits per heavy atom. The van der Waals surface area contributed by atoms with Crippen LogP contribution in [0.1, 0.15) is 25.1 Å². The smallest absolute Gasteiger partial charge is 0.219 e. The van der Waals surface area contributed by atoms with Crippen LogP contribution in [-0.4, -0.2) is 11.5 Å². The first-order valence-corrected chi connectivity index (χ1v) is 7.94. The molecule has 0 atom stereocenters. The van der Waals surface area contributed by atoms with Crippen molar-refractivity contribution in [2.75, 3.05) is 6.54 Å². The number of halogens is 1. The summed E-state index contributed by atoms with van der Waals surface area (Å²) in [5, 5.41) is 3.38. The minimum Gasteiger partial charge on any atom is -0.438 e. The van der Waals surface area contributed by atoms with E-state index in [4.69, 9.17) is 4.74 Å². The molecule has 1 heterocycles. The number of benzene rings is 1. The molecule has 1 aromatic carbocycles. The van der Waals surface area contributed by atoms with E-state index in [0.29, 0.717) is 11.8 Å². The predicted molar refractivity (Wildman–Crippen MR) is 89.7 cm³/mol. The number of aryl methyl sites for hydroxylation is 1. The van der Waals surface area contributed by atoms with Crippen LogP contribution in [-0.2, 0) is 6.54 Å². The molecule has 2 aromatic rings. The van der Waals surface area contributed by atoms with Gasteiger partial charge in [-0.3, -0.25) is 0 Å². The monoisotopic (exact) mass is 348 g/mol. The van der Waals surface area contributed by atoms with Gasteiger partial charge in [-0.1, -0.05) is 26.0 Å². The van der Waals surface area contributed by atoms with Crippen molar-refractivity contribution < 1.29 is 4.74 Å². The second kappa shape index (κ2) is 7.57. The average Bonchev–Trinajstić information content (AvgIpc) is 2.42. The van der Waals surface area contributed by atoms with Crippen LogP contribution < -0.4 is 10.1 Å². The zero-order valence-corrected chi connectivity index (χ0v) is 14.3. The molecule has 0 amide bonds. The molecule has 0 saturated carbocycles. The van der Waals surface area contributed by atoms with Gasteiger partial charge in [-0.25, -0.2) is 4.98 Å². The Kier molecular flexibility index (Phi) is 5.76. The maximum absolute atomic E-state index is 5.85. The van der Waals surface area contributed by atoms with Gasteiger partial charge in [0.25, 0.3) is 0 Å². The quantitative estimate of drug-likeness (QED) is 0.822. The van der Waals surface area contributed by atoms with Gasteiger partial charge in [-0.05, 0) is 59.1 Å². The van der Waals surface area contributed by atoms with Crippen LogP contribution in [0, 0.1) is 12.8 Å². The normalized spacial score (nSPS) is 10.9. The summed E-state index contributed by atoms with van der Waals surface area (Å²) in [7, 11) is 0. The molecule has 0 aliphatic carbocycles. The van der Waals surface area contributed by atoms with E-state index in [0.717, 1.165) is 29.0 Å². The van der Waals surface area contributed by atoms with Crippen LogP contribution in [0.25, 0.3) is 0 Å². The topological polar surface area (TPSA) is 34.1 Å². The summed E-state index contributed by atoms with van der Waals surface area (Å²) in [6.45, 7) is 8.16. The minimum absolute atomic E-state index is 0.614. The van der Waals surface area contributed by atoms with E-state index < -0.39 is 0 Å². The molecule has 2 rings (SSSR count). The fraction of sp³-hybridized carbons (Fsp3) is 0.353. The second-order valence-electron chi connectivity index (χ2n) is 5.53. The van der Waals surface area contributed by atoms with E-state index in [1.807, 2.05) is 43.3 Å². The van der Waals surface area contributed by atoms with Crippen LogP contribution >= 0.6 is 15.9 Å². The van der Waals surface area contributed by atoms with Crippen molar-refractivity contribution in [1.82, 2.24) is 10.3 Å². The van der Waals surface area contributed by atoms with E-state index in [2.05, 4.69) is 40.1 Å². The molecule has 0 aliphatic heterocycles. The number of pyridine rings is 1. The van der Waals surface area contributed by atoms with Gasteiger partial charge in [0, 0.05) is 12.6 Å². The lowest BCUT2D eigenvalue weighted by Crippen LogP contribution is -2.19. The first-order valence-electron chi connectivity index (χ1n) is 7.15. The van der Waals surface area contributed by atoms with E-state index in [-0.39, 0.29) is 0 Å². The highest BCUT2D eigenvalue weighted by atomic mass is 79.9. The molecule has 112 valence electrons. The Bertz CT molecular complexity index is 599. The lowest BCUT2D eigenvalue weighted by Gasteiger charge is -2.10. The number of ether oxygens (including phenoxy) is 1. The molecule has 4 heteroatoms. The Morgan fingerprint density at radius 2 is 2.05 bits per heavy atom. The Labute approximate surface area is 134 Å². The molecule has 0 fully saturated rings. The summed E-state index contributed by atoms with van der Waals surface area (Å²) in [6, 6.07) is 11.8. The van der Waals surface area contributed by atoms with Gasteiger partial charge in [0.05, 0.1) is 10.2 Å². The molecule has 1 N–H and O–H groups in total. The number of rotatable bonds is 6. The van der Waals surface area contributed by atoms with Crippen molar-refractivity contribution in [2.24, 2.45) is 5.92 Å². The molecular formula is C17H21BrN2O. The third-order valence-corrected chi connectivity index (χ3v) is 3.56. The predicted octanol–water partition coefficient (Wildman–Crippen LogP) is 4.69. The highest BCUT2D eigenvalue weighted by Gasteiger charge is 2.05. The molecule has 0 saturated heterocycles. The lowest BCUT2D eigenvalue weighted by molar-refractivity contribution is 0.455. The highest BCUT2D eigenvalue weighted by molar-refractivity contribution is 9.10. The maximum Gasteiger partial charge on any atom is 0.219 e. The highest BCUT2D eigenvalue weighted by Crippen LogP contribution is 2.29. The third-order valence-electron chi connectivity index (χ3n) is 2.94.